The molecule has 0 spiro atoms. The monoisotopic (exact) mass is 536 g/mol. The van der Waals surface area contributed by atoms with Gasteiger partial charge in [-0.05, 0) is 35.4 Å². The van der Waals surface area contributed by atoms with Crippen molar-refractivity contribution < 1.29 is 18.0 Å². The summed E-state index contributed by atoms with van der Waals surface area (Å²) in [4.78, 5) is 32.0. The van der Waals surface area contributed by atoms with Crippen molar-refractivity contribution in [3.05, 3.63) is 52.4 Å². The minimum Gasteiger partial charge on any atom is -0.378 e. The van der Waals surface area contributed by atoms with Crippen LogP contribution in [0.4, 0.5) is 21.3 Å². The van der Waals surface area contributed by atoms with Crippen LogP contribution < -0.4 is 15.5 Å². The van der Waals surface area contributed by atoms with Gasteiger partial charge in [0, 0.05) is 43.8 Å². The van der Waals surface area contributed by atoms with Gasteiger partial charge in [0.05, 0.1) is 11.4 Å². The van der Waals surface area contributed by atoms with E-state index in [2.05, 4.69) is 22.5 Å². The number of sulfone groups is 1. The number of anilines is 3. The summed E-state index contributed by atoms with van der Waals surface area (Å²) in [5.41, 5.74) is 2.16. The minimum atomic E-state index is -3.49. The Hall–Kier alpha value is -2.63. The molecule has 0 unspecified atom stereocenters. The SMILES string of the molecule is CCCCCC(=O)c1cc(N(C)C)ccc1NC(=O)Nc1nc(C[SH]2C=CC=C2)c(S(C)(=O)=O)s1. The standard InChI is InChI=1S/C24H32N4O4S3/c1-5-6-7-10-21(29)18-15-17(28(2)3)11-12-19(18)25-23(30)27-24-26-20(16-34-13-8-9-14-34)22(33-24)35(4,31)32/h8-9,11-15,34H,5-7,10,16H2,1-4H3,(H2,25,26,27,30). The Bertz CT molecular complexity index is 1240. The molecule has 2 heterocycles. The third kappa shape index (κ3) is 7.42. The zero-order valence-electron chi connectivity index (χ0n) is 20.4. The first-order chi connectivity index (χ1) is 16.6. The van der Waals surface area contributed by atoms with Gasteiger partial charge in [-0.15, -0.1) is 0 Å². The molecule has 3 rings (SSSR count). The summed E-state index contributed by atoms with van der Waals surface area (Å²) >= 11 is 0.937. The number of urea groups is 1. The van der Waals surface area contributed by atoms with Crippen LogP contribution >= 0.6 is 22.2 Å². The Kier molecular flexibility index (Phi) is 9.15. The highest BCUT2D eigenvalue weighted by Gasteiger charge is 2.23. The van der Waals surface area contributed by atoms with Crippen LogP contribution in [0.3, 0.4) is 0 Å². The van der Waals surface area contributed by atoms with Gasteiger partial charge in [-0.1, -0.05) is 43.3 Å². The molecule has 2 aromatic rings. The number of unbranched alkanes of at least 4 members (excludes halogenated alkanes) is 2. The van der Waals surface area contributed by atoms with Crippen LogP contribution in [-0.2, 0) is 15.6 Å². The first-order valence-electron chi connectivity index (χ1n) is 11.3. The molecule has 190 valence electrons. The zero-order valence-corrected chi connectivity index (χ0v) is 22.9. The fourth-order valence-electron chi connectivity index (χ4n) is 3.50. The summed E-state index contributed by atoms with van der Waals surface area (Å²) in [5, 5.41) is 9.67. The van der Waals surface area contributed by atoms with E-state index in [1.54, 1.807) is 12.1 Å². The lowest BCUT2D eigenvalue weighted by Crippen LogP contribution is -2.21. The van der Waals surface area contributed by atoms with E-state index in [0.29, 0.717) is 29.1 Å². The van der Waals surface area contributed by atoms with Gasteiger partial charge in [0.25, 0.3) is 0 Å². The molecule has 0 fully saturated rings. The molecule has 0 saturated heterocycles. The fourth-order valence-corrected chi connectivity index (χ4v) is 7.34. The number of aromatic nitrogens is 1. The third-order valence-electron chi connectivity index (χ3n) is 5.29. The van der Waals surface area contributed by atoms with Gasteiger partial charge in [-0.2, -0.15) is 0 Å². The van der Waals surface area contributed by atoms with Gasteiger partial charge in [-0.3, -0.25) is 10.1 Å². The summed E-state index contributed by atoms with van der Waals surface area (Å²) in [5.74, 6) is 0.459. The van der Waals surface area contributed by atoms with Crippen molar-refractivity contribution in [2.75, 3.05) is 35.9 Å². The molecule has 1 aliphatic heterocycles. The molecule has 1 aliphatic rings. The molecule has 1 aromatic carbocycles. The Morgan fingerprint density at radius 3 is 2.46 bits per heavy atom. The molecule has 2 N–H and O–H groups in total. The van der Waals surface area contributed by atoms with Crippen LogP contribution in [0.5, 0.6) is 0 Å². The average Bonchev–Trinajstić information content (AvgIpc) is 3.44. The largest absolute Gasteiger partial charge is 0.378 e. The van der Waals surface area contributed by atoms with E-state index in [9.17, 15) is 18.0 Å². The number of ketones is 1. The fraction of sp³-hybridized carbons (Fsp3) is 0.375. The Balaban J connectivity index is 1.79. The zero-order chi connectivity index (χ0) is 25.6. The molecule has 1 aromatic heterocycles. The minimum absolute atomic E-state index is 0.0339. The number of nitrogens with one attached hydrogen (secondary N) is 2. The van der Waals surface area contributed by atoms with Crippen molar-refractivity contribution in [1.82, 2.24) is 4.98 Å². The Morgan fingerprint density at radius 1 is 1.11 bits per heavy atom. The Labute approximate surface area is 213 Å². The molecular formula is C24H32N4O4S3. The van der Waals surface area contributed by atoms with Gasteiger partial charge in [0.1, 0.15) is 4.21 Å². The number of amides is 2. The van der Waals surface area contributed by atoms with E-state index >= 15 is 0 Å². The molecule has 11 heteroatoms. The van der Waals surface area contributed by atoms with Gasteiger partial charge < -0.3 is 10.2 Å². The van der Waals surface area contributed by atoms with E-state index in [4.69, 9.17) is 0 Å². The molecule has 0 atom stereocenters. The highest BCUT2D eigenvalue weighted by Crippen LogP contribution is 2.40. The van der Waals surface area contributed by atoms with Crippen LogP contribution in [0.1, 0.15) is 48.7 Å². The second-order valence-corrected chi connectivity index (χ2v) is 13.6. The van der Waals surface area contributed by atoms with Gasteiger partial charge in [0.15, 0.2) is 20.8 Å². The number of thiazole rings is 1. The summed E-state index contributed by atoms with van der Waals surface area (Å²) < 4.78 is 24.8. The molecular weight excluding hydrogens is 504 g/mol. The Morgan fingerprint density at radius 2 is 1.83 bits per heavy atom. The van der Waals surface area contributed by atoms with Crippen LogP contribution in [-0.4, -0.2) is 45.6 Å². The van der Waals surface area contributed by atoms with E-state index in [-0.39, 0.29) is 15.1 Å². The van der Waals surface area contributed by atoms with E-state index in [1.807, 2.05) is 48.0 Å². The molecule has 35 heavy (non-hydrogen) atoms. The maximum atomic E-state index is 12.9. The number of Topliss-reactive ketones (excluding diaryl/α,β-unsaturated/α-hetero) is 1. The van der Waals surface area contributed by atoms with Crippen LogP contribution in [0.2, 0.25) is 0 Å². The molecule has 0 bridgehead atoms. The number of hydrogen-bond acceptors (Lipinski definition) is 7. The first kappa shape index (κ1) is 27.0. The highest BCUT2D eigenvalue weighted by atomic mass is 32.2. The lowest BCUT2D eigenvalue weighted by Gasteiger charge is -2.17. The van der Waals surface area contributed by atoms with Gasteiger partial charge in [-0.25, -0.2) is 29.1 Å². The quantitative estimate of drug-likeness (QED) is 0.197. The summed E-state index contributed by atoms with van der Waals surface area (Å²) in [6.07, 6.45) is 8.19. The second-order valence-electron chi connectivity index (χ2n) is 8.46. The number of benzene rings is 1. The van der Waals surface area contributed by atoms with Crippen molar-refractivity contribution in [2.24, 2.45) is 0 Å². The lowest BCUT2D eigenvalue weighted by atomic mass is 10.0. The summed E-state index contributed by atoms with van der Waals surface area (Å²) in [7, 11) is -0.329. The predicted octanol–water partition coefficient (Wildman–Crippen LogP) is 5.56. The number of allylic oxidation sites excluding steroid dienone is 2. The van der Waals surface area contributed by atoms with Crippen molar-refractivity contribution in [1.29, 1.82) is 0 Å². The smallest absolute Gasteiger partial charge is 0.325 e. The first-order valence-corrected chi connectivity index (χ1v) is 15.7. The summed E-state index contributed by atoms with van der Waals surface area (Å²) in [6.45, 7) is 2.08. The second kappa shape index (κ2) is 11.9. The number of thiol groups is 1. The van der Waals surface area contributed by atoms with E-state index in [1.165, 1.54) is 0 Å². The molecule has 0 aliphatic carbocycles. The lowest BCUT2D eigenvalue weighted by molar-refractivity contribution is 0.0980. The normalized spacial score (nSPS) is 13.8. The highest BCUT2D eigenvalue weighted by molar-refractivity contribution is 8.21. The maximum Gasteiger partial charge on any atom is 0.325 e. The molecule has 0 radical (unpaired) electrons. The predicted molar refractivity (Wildman–Crippen MR) is 148 cm³/mol. The van der Waals surface area contributed by atoms with Crippen molar-refractivity contribution in [3.63, 3.8) is 0 Å². The van der Waals surface area contributed by atoms with Crippen LogP contribution in [0.25, 0.3) is 0 Å². The number of carbonyl (C=O) groups is 2. The molecule has 8 nitrogen and oxygen atoms in total. The third-order valence-corrected chi connectivity index (χ3v) is 9.94. The van der Waals surface area contributed by atoms with Gasteiger partial charge >= 0.3 is 6.03 Å². The number of hydrogen-bond donors (Lipinski definition) is 3. The topological polar surface area (TPSA) is 108 Å². The number of rotatable bonds is 11. The van der Waals surface area contributed by atoms with Crippen LogP contribution in [0, 0.1) is 0 Å². The van der Waals surface area contributed by atoms with Crippen molar-refractivity contribution in [3.8, 4) is 0 Å². The average molecular weight is 537 g/mol. The number of nitrogens with zero attached hydrogens (tertiary/aromatic N) is 2. The van der Waals surface area contributed by atoms with Crippen molar-refractivity contribution in [2.45, 2.75) is 42.6 Å². The van der Waals surface area contributed by atoms with E-state index < -0.39 is 26.8 Å². The van der Waals surface area contributed by atoms with Crippen molar-refractivity contribution >= 4 is 60.4 Å². The maximum absolute atomic E-state index is 12.9. The van der Waals surface area contributed by atoms with E-state index in [0.717, 1.165) is 42.5 Å². The number of carbonyl (C=O) groups excluding carboxylic acids is 2. The molecule has 0 saturated carbocycles. The molecule has 2 amide bonds. The van der Waals surface area contributed by atoms with Crippen LogP contribution in [0.15, 0.2) is 45.4 Å². The summed E-state index contributed by atoms with van der Waals surface area (Å²) in [6, 6.07) is 4.72. The van der Waals surface area contributed by atoms with Gasteiger partial charge in [0.2, 0.25) is 0 Å².